The maximum absolute atomic E-state index is 11.3. The molecule has 29 heavy (non-hydrogen) atoms. The summed E-state index contributed by atoms with van der Waals surface area (Å²) in [6.45, 7) is 11.6. The number of hydrogen-bond acceptors (Lipinski definition) is 7. The van der Waals surface area contributed by atoms with Gasteiger partial charge in [0.1, 0.15) is 0 Å². The maximum Gasteiger partial charge on any atom is 0.271 e. The van der Waals surface area contributed by atoms with Crippen LogP contribution in [0.5, 0.6) is 0 Å². The highest BCUT2D eigenvalue weighted by molar-refractivity contribution is 7.58. The Labute approximate surface area is 175 Å². The zero-order valence-electron chi connectivity index (χ0n) is 18.4. The van der Waals surface area contributed by atoms with Crippen LogP contribution < -0.4 is 14.7 Å². The number of rotatable bonds is 9. The van der Waals surface area contributed by atoms with Gasteiger partial charge >= 0.3 is 0 Å². The molecule has 0 N–H and O–H groups in total. The lowest BCUT2D eigenvalue weighted by Gasteiger charge is -2.59. The quantitative estimate of drug-likeness (QED) is 0.486. The third kappa shape index (κ3) is 6.87. The summed E-state index contributed by atoms with van der Waals surface area (Å²) in [5.41, 5.74) is 0.750. The van der Waals surface area contributed by atoms with E-state index in [1.165, 1.54) is 32.1 Å². The van der Waals surface area contributed by atoms with Gasteiger partial charge in [-0.3, -0.25) is 8.88 Å². The van der Waals surface area contributed by atoms with Crippen molar-refractivity contribution in [1.82, 2.24) is 0 Å². The SMILES string of the molecule is CC(CCOP(=O)([O-])OP(=O)([O-])[O-])CCC1C(C)CCC2C(C)(C)CCCC12C. The van der Waals surface area contributed by atoms with Crippen LogP contribution in [0.1, 0.15) is 86.0 Å². The highest BCUT2D eigenvalue weighted by Crippen LogP contribution is 2.62. The molecule has 2 rings (SSSR count). The van der Waals surface area contributed by atoms with Crippen LogP contribution in [-0.2, 0) is 18.0 Å². The smallest absolute Gasteiger partial charge is 0.271 e. The van der Waals surface area contributed by atoms with E-state index < -0.39 is 15.6 Å². The van der Waals surface area contributed by atoms with Crippen LogP contribution in [0.2, 0.25) is 0 Å². The maximum atomic E-state index is 11.3. The molecule has 172 valence electrons. The summed E-state index contributed by atoms with van der Waals surface area (Å²) in [6.07, 6.45) is 8.99. The summed E-state index contributed by atoms with van der Waals surface area (Å²) in [5.74, 6) is 2.33. The Bertz CT molecular complexity index is 647. The second-order valence-corrected chi connectivity index (χ2v) is 13.0. The van der Waals surface area contributed by atoms with Gasteiger partial charge in [-0.15, -0.1) is 0 Å². The molecule has 2 saturated carbocycles. The first-order valence-corrected chi connectivity index (χ1v) is 13.8. The highest BCUT2D eigenvalue weighted by Gasteiger charge is 2.53. The summed E-state index contributed by atoms with van der Waals surface area (Å²) in [4.78, 5) is 32.2. The number of phosphoric ester groups is 1. The summed E-state index contributed by atoms with van der Waals surface area (Å²) < 4.78 is 29.8. The van der Waals surface area contributed by atoms with Gasteiger partial charge in [0.25, 0.3) is 7.82 Å². The Kier molecular flexibility index (Phi) is 8.27. The van der Waals surface area contributed by atoms with E-state index >= 15 is 0 Å². The highest BCUT2D eigenvalue weighted by atomic mass is 31.3. The molecule has 6 unspecified atom stereocenters. The van der Waals surface area contributed by atoms with E-state index in [0.29, 0.717) is 29.1 Å². The largest absolute Gasteiger partial charge is 0.790 e. The van der Waals surface area contributed by atoms with Gasteiger partial charge in [-0.05, 0) is 66.6 Å². The average Bonchev–Trinajstić information content (AvgIpc) is 2.50. The van der Waals surface area contributed by atoms with Gasteiger partial charge in [-0.2, -0.15) is 0 Å². The first kappa shape index (κ1) is 25.5. The van der Waals surface area contributed by atoms with Crippen LogP contribution in [0.3, 0.4) is 0 Å². The minimum absolute atomic E-state index is 0.185. The van der Waals surface area contributed by atoms with Crippen molar-refractivity contribution in [2.75, 3.05) is 6.61 Å². The molecule has 0 saturated heterocycles. The molecule has 0 amide bonds. The minimum atomic E-state index is -5.62. The second kappa shape index (κ2) is 9.40. The molecule has 7 nitrogen and oxygen atoms in total. The zero-order valence-corrected chi connectivity index (χ0v) is 20.2. The van der Waals surface area contributed by atoms with Gasteiger partial charge in [-0.25, -0.2) is 0 Å². The molecule has 6 atom stereocenters. The molecule has 0 aliphatic heterocycles. The molecule has 2 aliphatic carbocycles. The molecular formula is C20H37O7P2-3. The molecule has 2 fully saturated rings. The van der Waals surface area contributed by atoms with Crippen LogP contribution >= 0.6 is 15.6 Å². The molecule has 0 aromatic rings. The van der Waals surface area contributed by atoms with E-state index in [1.807, 2.05) is 6.92 Å². The topological polar surface area (TPSA) is 122 Å². The lowest BCUT2D eigenvalue weighted by molar-refractivity contribution is -0.339. The van der Waals surface area contributed by atoms with E-state index in [4.69, 9.17) is 0 Å². The fourth-order valence-corrected chi connectivity index (χ4v) is 7.84. The van der Waals surface area contributed by atoms with Crippen molar-refractivity contribution in [3.05, 3.63) is 0 Å². The molecule has 0 heterocycles. The molecule has 2 aliphatic rings. The number of fused-ring (bicyclic) bond motifs is 1. The summed E-state index contributed by atoms with van der Waals surface area (Å²) in [6, 6.07) is 0. The fraction of sp³-hybridized carbons (Fsp3) is 1.00. The van der Waals surface area contributed by atoms with E-state index in [1.54, 1.807) is 0 Å². The van der Waals surface area contributed by atoms with Gasteiger partial charge in [0, 0.05) is 0 Å². The Balaban J connectivity index is 1.87. The molecule has 0 aromatic heterocycles. The summed E-state index contributed by atoms with van der Waals surface area (Å²) in [5, 5.41) is 0. The van der Waals surface area contributed by atoms with E-state index in [2.05, 4.69) is 36.5 Å². The first-order valence-electron chi connectivity index (χ1n) is 10.9. The molecule has 0 bridgehead atoms. The van der Waals surface area contributed by atoms with Crippen molar-refractivity contribution in [2.24, 2.45) is 34.5 Å². The Morgan fingerprint density at radius 1 is 1.07 bits per heavy atom. The number of hydrogen-bond donors (Lipinski definition) is 0. The normalized spacial score (nSPS) is 35.5. The minimum Gasteiger partial charge on any atom is -0.790 e. The van der Waals surface area contributed by atoms with Gasteiger partial charge < -0.3 is 23.8 Å². The Hall–Kier alpha value is 0.260. The van der Waals surface area contributed by atoms with Crippen molar-refractivity contribution in [3.8, 4) is 0 Å². The van der Waals surface area contributed by atoms with E-state index in [0.717, 1.165) is 18.8 Å². The summed E-state index contributed by atoms with van der Waals surface area (Å²) >= 11 is 0. The average molecular weight is 451 g/mol. The van der Waals surface area contributed by atoms with Crippen molar-refractivity contribution < 1.29 is 32.6 Å². The van der Waals surface area contributed by atoms with Gasteiger partial charge in [0.2, 0.25) is 0 Å². The third-order valence-corrected chi connectivity index (χ3v) is 9.85. The molecule has 0 aromatic carbocycles. The van der Waals surface area contributed by atoms with Crippen LogP contribution in [0.25, 0.3) is 0 Å². The van der Waals surface area contributed by atoms with Crippen LogP contribution in [0, 0.1) is 34.5 Å². The zero-order chi connectivity index (χ0) is 22.1. The second-order valence-electron chi connectivity index (χ2n) is 10.3. The van der Waals surface area contributed by atoms with Crippen LogP contribution in [-0.4, -0.2) is 6.61 Å². The number of phosphoric acid groups is 2. The molecule has 9 heteroatoms. The molecule has 0 radical (unpaired) electrons. The first-order chi connectivity index (χ1) is 13.2. The van der Waals surface area contributed by atoms with Crippen molar-refractivity contribution >= 4 is 15.6 Å². The Morgan fingerprint density at radius 3 is 2.34 bits per heavy atom. The van der Waals surface area contributed by atoms with Gasteiger partial charge in [-0.1, -0.05) is 53.9 Å². The van der Waals surface area contributed by atoms with Crippen molar-refractivity contribution in [1.29, 1.82) is 0 Å². The van der Waals surface area contributed by atoms with E-state index in [9.17, 15) is 23.8 Å². The van der Waals surface area contributed by atoms with Crippen molar-refractivity contribution in [3.63, 3.8) is 0 Å². The predicted octanol–water partition coefficient (Wildman–Crippen LogP) is 4.00. The van der Waals surface area contributed by atoms with Crippen LogP contribution in [0.15, 0.2) is 0 Å². The Morgan fingerprint density at radius 2 is 1.72 bits per heavy atom. The van der Waals surface area contributed by atoms with Gasteiger partial charge in [0.05, 0.1) is 14.4 Å². The van der Waals surface area contributed by atoms with Crippen molar-refractivity contribution in [2.45, 2.75) is 86.0 Å². The third-order valence-electron chi connectivity index (χ3n) is 7.75. The molecule has 0 spiro atoms. The molecular weight excluding hydrogens is 414 g/mol. The standard InChI is InChI=1S/C20H40O7P2/c1-15(11-14-26-29(24,25)27-28(21,22)23)7-9-17-16(2)8-10-18-19(3,4)12-6-13-20(17,18)5/h15-18H,6-14H2,1-5H3,(H,24,25)(H2,21,22,23)/p-3. The summed E-state index contributed by atoms with van der Waals surface area (Å²) in [7, 11) is -10.7. The van der Waals surface area contributed by atoms with Crippen LogP contribution in [0.4, 0.5) is 0 Å². The lowest BCUT2D eigenvalue weighted by Crippen LogP contribution is -2.51. The monoisotopic (exact) mass is 451 g/mol. The van der Waals surface area contributed by atoms with Gasteiger partial charge in [0.15, 0.2) is 0 Å². The fourth-order valence-electron chi connectivity index (χ4n) is 6.35. The predicted molar refractivity (Wildman–Crippen MR) is 106 cm³/mol. The van der Waals surface area contributed by atoms with E-state index in [-0.39, 0.29) is 12.5 Å². The lowest BCUT2D eigenvalue weighted by atomic mass is 9.46.